The topological polar surface area (TPSA) is 46.5 Å². The summed E-state index contributed by atoms with van der Waals surface area (Å²) in [6.45, 7) is 6.89. The quantitative estimate of drug-likeness (QED) is 0.416. The molecule has 0 saturated heterocycles. The Bertz CT molecular complexity index is 239. The third-order valence-corrected chi connectivity index (χ3v) is 2.05. The molecule has 3 nitrogen and oxygen atoms in total. The van der Waals surface area contributed by atoms with Crippen LogP contribution in [0.15, 0.2) is 24.3 Å². The molecule has 0 aliphatic rings. The molecule has 0 bridgehead atoms. The smallest absolute Gasteiger partial charge is 0.333 e. The van der Waals surface area contributed by atoms with E-state index in [1.165, 1.54) is 13.2 Å². The van der Waals surface area contributed by atoms with Gasteiger partial charge in [0.05, 0.1) is 12.7 Å². The van der Waals surface area contributed by atoms with Gasteiger partial charge < -0.3 is 9.84 Å². The highest BCUT2D eigenvalue weighted by atomic mass is 16.5. The lowest BCUT2D eigenvalue weighted by Gasteiger charge is -2.16. The normalized spacial score (nSPS) is 15.9. The van der Waals surface area contributed by atoms with Crippen LogP contribution in [0.5, 0.6) is 0 Å². The van der Waals surface area contributed by atoms with E-state index in [2.05, 4.69) is 11.3 Å². The van der Waals surface area contributed by atoms with E-state index in [9.17, 15) is 9.90 Å². The largest absolute Gasteiger partial charge is 0.466 e. The van der Waals surface area contributed by atoms with Crippen LogP contribution in [0.25, 0.3) is 0 Å². The van der Waals surface area contributed by atoms with Gasteiger partial charge in [0.1, 0.15) is 0 Å². The minimum absolute atomic E-state index is 0.330. The fourth-order valence-electron chi connectivity index (χ4n) is 0.927. The molecule has 0 spiro atoms. The van der Waals surface area contributed by atoms with Gasteiger partial charge in [0.25, 0.3) is 0 Å². The van der Waals surface area contributed by atoms with E-state index >= 15 is 0 Å². The molecule has 3 heteroatoms. The fourth-order valence-corrected chi connectivity index (χ4v) is 0.927. The van der Waals surface area contributed by atoms with Crippen molar-refractivity contribution in [3.8, 4) is 0 Å². The molecule has 0 aromatic heterocycles. The Balaban J connectivity index is 4.05. The second-order valence-electron chi connectivity index (χ2n) is 3.48. The Kier molecular flexibility index (Phi) is 5.16. The first-order valence-corrected chi connectivity index (χ1v) is 4.54. The molecular weight excluding hydrogens is 180 g/mol. The van der Waals surface area contributed by atoms with Crippen molar-refractivity contribution in [1.29, 1.82) is 0 Å². The zero-order valence-electron chi connectivity index (χ0n) is 9.04. The Morgan fingerprint density at radius 2 is 2.21 bits per heavy atom. The molecular formula is C11H18O3. The van der Waals surface area contributed by atoms with Crippen LogP contribution in [-0.2, 0) is 9.53 Å². The Labute approximate surface area is 85.1 Å². The number of carbonyl (C=O) groups is 1. The van der Waals surface area contributed by atoms with E-state index in [0.717, 1.165) is 0 Å². The minimum atomic E-state index is -0.868. The van der Waals surface area contributed by atoms with Gasteiger partial charge in [-0.15, -0.1) is 6.58 Å². The van der Waals surface area contributed by atoms with Crippen molar-refractivity contribution < 1.29 is 14.6 Å². The van der Waals surface area contributed by atoms with Gasteiger partial charge in [-0.05, 0) is 26.7 Å². The van der Waals surface area contributed by atoms with E-state index in [-0.39, 0.29) is 5.97 Å². The summed E-state index contributed by atoms with van der Waals surface area (Å²) in [5.41, 5.74) is -0.306. The lowest BCUT2D eigenvalue weighted by atomic mass is 10.00. The number of rotatable bonds is 5. The molecule has 80 valence electrons. The second-order valence-corrected chi connectivity index (χ2v) is 3.48. The van der Waals surface area contributed by atoms with Gasteiger partial charge >= 0.3 is 5.97 Å². The highest BCUT2D eigenvalue weighted by Gasteiger charge is 2.13. The number of ether oxygens (including phenoxy) is 1. The monoisotopic (exact) mass is 198 g/mol. The zero-order valence-corrected chi connectivity index (χ0v) is 9.04. The first-order valence-electron chi connectivity index (χ1n) is 4.54. The van der Waals surface area contributed by atoms with Crippen molar-refractivity contribution in [1.82, 2.24) is 0 Å². The van der Waals surface area contributed by atoms with Gasteiger partial charge in [-0.25, -0.2) is 4.79 Å². The molecule has 1 atom stereocenters. The van der Waals surface area contributed by atoms with Gasteiger partial charge in [-0.2, -0.15) is 0 Å². The molecule has 1 N–H and O–H groups in total. The molecule has 0 saturated carbocycles. The lowest BCUT2D eigenvalue weighted by Crippen LogP contribution is -2.19. The molecule has 0 rings (SSSR count). The van der Waals surface area contributed by atoms with Crippen molar-refractivity contribution in [2.75, 3.05) is 7.11 Å². The average molecular weight is 198 g/mol. The SMILES string of the molecule is C=CC(C)(O)CC/C=C(\C)C(=O)OC. The molecule has 0 aromatic rings. The summed E-state index contributed by atoms with van der Waals surface area (Å²) in [6, 6.07) is 0. The molecule has 14 heavy (non-hydrogen) atoms. The number of methoxy groups -OCH3 is 1. The van der Waals surface area contributed by atoms with Crippen molar-refractivity contribution in [3.63, 3.8) is 0 Å². The Hall–Kier alpha value is -1.09. The average Bonchev–Trinajstić information content (AvgIpc) is 2.16. The highest BCUT2D eigenvalue weighted by Crippen LogP contribution is 2.14. The van der Waals surface area contributed by atoms with Gasteiger partial charge in [-0.3, -0.25) is 0 Å². The van der Waals surface area contributed by atoms with Gasteiger partial charge in [0.2, 0.25) is 0 Å². The molecule has 0 aliphatic carbocycles. The fraction of sp³-hybridized carbons (Fsp3) is 0.545. The number of hydrogen-bond donors (Lipinski definition) is 1. The molecule has 0 aromatic carbocycles. The Morgan fingerprint density at radius 1 is 1.64 bits per heavy atom. The van der Waals surface area contributed by atoms with Crippen molar-refractivity contribution in [3.05, 3.63) is 24.3 Å². The van der Waals surface area contributed by atoms with Crippen LogP contribution in [0, 0.1) is 0 Å². The molecule has 1 unspecified atom stereocenters. The third-order valence-electron chi connectivity index (χ3n) is 2.05. The van der Waals surface area contributed by atoms with Crippen LogP contribution < -0.4 is 0 Å². The van der Waals surface area contributed by atoms with Crippen molar-refractivity contribution >= 4 is 5.97 Å². The van der Waals surface area contributed by atoms with E-state index in [1.54, 1.807) is 19.9 Å². The summed E-state index contributed by atoms with van der Waals surface area (Å²) < 4.78 is 4.53. The van der Waals surface area contributed by atoms with Crippen LogP contribution in [0.1, 0.15) is 26.7 Å². The van der Waals surface area contributed by atoms with E-state index < -0.39 is 5.60 Å². The van der Waals surface area contributed by atoms with Gasteiger partial charge in [0.15, 0.2) is 0 Å². The van der Waals surface area contributed by atoms with Gasteiger partial charge in [-0.1, -0.05) is 12.2 Å². The van der Waals surface area contributed by atoms with Crippen LogP contribution in [0.4, 0.5) is 0 Å². The molecule has 0 fully saturated rings. The predicted molar refractivity (Wildman–Crippen MR) is 55.8 cm³/mol. The van der Waals surface area contributed by atoms with E-state index in [4.69, 9.17) is 0 Å². The van der Waals surface area contributed by atoms with E-state index in [0.29, 0.717) is 18.4 Å². The zero-order chi connectivity index (χ0) is 11.2. The van der Waals surface area contributed by atoms with Crippen LogP contribution in [-0.4, -0.2) is 23.8 Å². The molecule has 0 radical (unpaired) electrons. The maximum absolute atomic E-state index is 11.0. The number of allylic oxidation sites excluding steroid dienone is 1. The third kappa shape index (κ3) is 4.82. The second kappa shape index (κ2) is 5.60. The lowest BCUT2D eigenvalue weighted by molar-refractivity contribution is -0.136. The molecule has 0 heterocycles. The summed E-state index contributed by atoms with van der Waals surface area (Å²) >= 11 is 0. The first-order chi connectivity index (χ1) is 6.43. The van der Waals surface area contributed by atoms with Crippen LogP contribution >= 0.6 is 0 Å². The van der Waals surface area contributed by atoms with Crippen LogP contribution in [0.2, 0.25) is 0 Å². The van der Waals surface area contributed by atoms with E-state index in [1.807, 2.05) is 0 Å². The molecule has 0 amide bonds. The summed E-state index contributed by atoms with van der Waals surface area (Å²) in [5, 5.41) is 9.57. The summed E-state index contributed by atoms with van der Waals surface area (Å²) in [4.78, 5) is 11.0. The Morgan fingerprint density at radius 3 is 2.64 bits per heavy atom. The maximum atomic E-state index is 11.0. The highest BCUT2D eigenvalue weighted by molar-refractivity contribution is 5.87. The van der Waals surface area contributed by atoms with Crippen molar-refractivity contribution in [2.24, 2.45) is 0 Å². The number of hydrogen-bond acceptors (Lipinski definition) is 3. The minimum Gasteiger partial charge on any atom is -0.466 e. The van der Waals surface area contributed by atoms with Gasteiger partial charge in [0, 0.05) is 5.57 Å². The summed E-state index contributed by atoms with van der Waals surface area (Å²) in [5.74, 6) is -0.330. The summed E-state index contributed by atoms with van der Waals surface area (Å²) in [6.07, 6.45) is 4.42. The number of esters is 1. The predicted octanol–water partition coefficient (Wildman–Crippen LogP) is 1.82. The maximum Gasteiger partial charge on any atom is 0.333 e. The van der Waals surface area contributed by atoms with Crippen LogP contribution in [0.3, 0.4) is 0 Å². The standard InChI is InChI=1S/C11H18O3/c1-5-11(3,13)8-6-7-9(2)10(12)14-4/h5,7,13H,1,6,8H2,2-4H3/b9-7+. The summed E-state index contributed by atoms with van der Waals surface area (Å²) in [7, 11) is 1.35. The van der Waals surface area contributed by atoms with Crippen molar-refractivity contribution in [2.45, 2.75) is 32.3 Å². The molecule has 0 aliphatic heterocycles. The first kappa shape index (κ1) is 12.9. The number of carbonyl (C=O) groups excluding carboxylic acids is 1. The number of aliphatic hydroxyl groups is 1.